The van der Waals surface area contributed by atoms with Crippen LogP contribution in [0.15, 0.2) is 52.2 Å². The number of sulfone groups is 1. The molecule has 1 unspecified atom stereocenters. The maximum atomic E-state index is 15.4. The number of nitrogens with one attached hydrogen (secondary N) is 2. The molecule has 0 radical (unpaired) electrons. The number of hydrogen-bond donors (Lipinski definition) is 2. The summed E-state index contributed by atoms with van der Waals surface area (Å²) in [6.45, 7) is 4.42. The summed E-state index contributed by atoms with van der Waals surface area (Å²) in [7, 11) is -2.06. The van der Waals surface area contributed by atoms with E-state index in [1.165, 1.54) is 15.5 Å². The number of nitrogens with zero attached hydrogens (tertiary/aromatic N) is 4. The zero-order chi connectivity index (χ0) is 37.3. The van der Waals surface area contributed by atoms with Gasteiger partial charge in [0, 0.05) is 66.5 Å². The summed E-state index contributed by atoms with van der Waals surface area (Å²) >= 11 is 0. The van der Waals surface area contributed by atoms with Gasteiger partial charge in [0.25, 0.3) is 17.3 Å². The lowest BCUT2D eigenvalue weighted by Gasteiger charge is -2.26. The van der Waals surface area contributed by atoms with Crippen molar-refractivity contribution in [3.05, 3.63) is 87.3 Å². The van der Waals surface area contributed by atoms with Crippen molar-refractivity contribution in [3.63, 3.8) is 0 Å². The highest BCUT2D eigenvalue weighted by molar-refractivity contribution is 7.89. The minimum absolute atomic E-state index is 0.00230. The summed E-state index contributed by atoms with van der Waals surface area (Å²) in [4.78, 5) is 46.7. The normalized spacial score (nSPS) is 13.2. The second-order valence-corrected chi connectivity index (χ2v) is 15.4. The maximum absolute atomic E-state index is 15.4. The van der Waals surface area contributed by atoms with E-state index in [2.05, 4.69) is 20.4 Å². The number of halogens is 2. The molecule has 13 nitrogen and oxygen atoms in total. The molecule has 5 heterocycles. The van der Waals surface area contributed by atoms with Crippen LogP contribution in [-0.4, -0.2) is 59.7 Å². The van der Waals surface area contributed by atoms with E-state index in [1.807, 2.05) is 13.8 Å². The van der Waals surface area contributed by atoms with Crippen molar-refractivity contribution in [2.75, 3.05) is 24.3 Å². The number of aromatic nitrogens is 4. The number of unbranched alkanes of at least 4 members (excludes halogenated alkanes) is 2. The van der Waals surface area contributed by atoms with Gasteiger partial charge in [-0.05, 0) is 53.6 Å². The molecule has 0 saturated carbocycles. The highest BCUT2D eigenvalue weighted by atomic mass is 32.2. The largest absolute Gasteiger partial charge is 0.476 e. The Labute approximate surface area is 297 Å². The second kappa shape index (κ2) is 14.7. The number of rotatable bonds is 14. The molecule has 1 aliphatic heterocycles. The molecule has 2 N–H and O–H groups in total. The Morgan fingerprint density at radius 2 is 1.94 bits per heavy atom. The summed E-state index contributed by atoms with van der Waals surface area (Å²) in [5, 5.41) is 7.30. The fraction of sp³-hybridized carbons (Fsp3) is 0.361. The van der Waals surface area contributed by atoms with Crippen LogP contribution in [0.2, 0.25) is 0 Å². The first-order valence-electron chi connectivity index (χ1n) is 16.7. The quantitative estimate of drug-likeness (QED) is 0.113. The van der Waals surface area contributed by atoms with Crippen LogP contribution in [-0.2, 0) is 34.0 Å². The lowest BCUT2D eigenvalue weighted by molar-refractivity contribution is -0.110. The number of fused-ring (bicyclic) bond motifs is 2. The van der Waals surface area contributed by atoms with Gasteiger partial charge in [0.15, 0.2) is 27.2 Å². The Hall–Kier alpha value is -5.38. The van der Waals surface area contributed by atoms with E-state index in [9.17, 15) is 27.2 Å². The van der Waals surface area contributed by atoms with E-state index in [4.69, 9.17) is 9.26 Å². The first-order chi connectivity index (χ1) is 24.8. The molecule has 0 saturated heterocycles. The van der Waals surface area contributed by atoms with Crippen molar-refractivity contribution in [2.45, 2.75) is 51.3 Å². The van der Waals surface area contributed by atoms with Crippen molar-refractivity contribution in [2.24, 2.45) is 13.0 Å². The third-order valence-corrected chi connectivity index (χ3v) is 9.82. The number of carbonyl (C=O) groups is 2. The van der Waals surface area contributed by atoms with Gasteiger partial charge in [0.05, 0.1) is 36.7 Å². The molecule has 16 heteroatoms. The van der Waals surface area contributed by atoms with Crippen molar-refractivity contribution in [1.29, 1.82) is 0 Å². The number of pyridine rings is 2. The number of H-pyrrole nitrogens is 1. The van der Waals surface area contributed by atoms with Crippen LogP contribution >= 0.6 is 0 Å². The van der Waals surface area contributed by atoms with Gasteiger partial charge in [-0.15, -0.1) is 0 Å². The first kappa shape index (κ1) is 36.4. The van der Waals surface area contributed by atoms with Crippen LogP contribution in [0.1, 0.15) is 66.3 Å². The third-order valence-electron chi connectivity index (χ3n) is 8.98. The Bertz CT molecular complexity index is 2330. The van der Waals surface area contributed by atoms with E-state index in [0.717, 1.165) is 18.7 Å². The minimum Gasteiger partial charge on any atom is -0.476 e. The maximum Gasteiger partial charge on any atom is 0.274 e. The molecule has 0 spiro atoms. The molecule has 52 heavy (non-hydrogen) atoms. The molecule has 1 atom stereocenters. The van der Waals surface area contributed by atoms with E-state index in [-0.39, 0.29) is 47.4 Å². The molecule has 4 aromatic heterocycles. The summed E-state index contributed by atoms with van der Waals surface area (Å²) in [5.74, 6) is -2.67. The van der Waals surface area contributed by atoms with Crippen molar-refractivity contribution < 1.29 is 36.0 Å². The van der Waals surface area contributed by atoms with Gasteiger partial charge in [-0.3, -0.25) is 9.59 Å². The molecule has 1 aromatic carbocycles. The SMILES string of the molecule is CC(C)C(C=O)c1cc(OCCCCCNC(=O)c2cc3c(cc2CS(C)(=O)=O)-c2cn(C)c(=O)c4[nH]cc(c24)CN3c2ncc(F)cc2F)no1. The number of ether oxygens (including phenoxy) is 1. The van der Waals surface area contributed by atoms with Gasteiger partial charge in [0.2, 0.25) is 0 Å². The summed E-state index contributed by atoms with van der Waals surface area (Å²) in [5.41, 5.74) is 2.20. The molecule has 274 valence electrons. The smallest absolute Gasteiger partial charge is 0.274 e. The zero-order valence-corrected chi connectivity index (χ0v) is 29.9. The minimum atomic E-state index is -3.64. The number of anilines is 2. The molecule has 5 aromatic rings. The Balaban J connectivity index is 1.25. The molecular weight excluding hydrogens is 698 g/mol. The van der Waals surface area contributed by atoms with Crippen LogP contribution in [0.3, 0.4) is 0 Å². The van der Waals surface area contributed by atoms with Gasteiger partial charge in [-0.1, -0.05) is 13.8 Å². The van der Waals surface area contributed by atoms with E-state index < -0.39 is 39.0 Å². The number of aldehydes is 1. The standard InChI is InChI=1S/C36H38F2N6O7S/c1-20(2)27(18-45)30-13-31(42-51-30)50-9-7-5-6-8-39-35(46)24-12-29-25(10-21(24)19-52(4,48)49)26-17-43(3)36(47)33-32(26)22(14-40-33)16-44(29)34-28(38)11-23(37)15-41-34/h10-15,17-18,20,27,40H,5-9,16,19H2,1-4H3,(H,39,46). The molecule has 0 aliphatic carbocycles. The molecule has 6 rings (SSSR count). The van der Waals surface area contributed by atoms with Crippen LogP contribution in [0.5, 0.6) is 5.88 Å². The van der Waals surface area contributed by atoms with Gasteiger partial charge >= 0.3 is 0 Å². The van der Waals surface area contributed by atoms with Gasteiger partial charge in [-0.25, -0.2) is 22.2 Å². The van der Waals surface area contributed by atoms with Crippen LogP contribution in [0.4, 0.5) is 20.3 Å². The Morgan fingerprint density at radius 3 is 2.65 bits per heavy atom. The van der Waals surface area contributed by atoms with E-state index in [1.54, 1.807) is 31.6 Å². The topological polar surface area (TPSA) is 169 Å². The number of aromatic amines is 1. The van der Waals surface area contributed by atoms with Gasteiger partial charge < -0.3 is 33.8 Å². The Kier molecular flexibility index (Phi) is 10.3. The fourth-order valence-electron chi connectivity index (χ4n) is 6.43. The van der Waals surface area contributed by atoms with Gasteiger partial charge in [-0.2, -0.15) is 0 Å². The van der Waals surface area contributed by atoms with Crippen molar-refractivity contribution in [1.82, 2.24) is 25.0 Å². The fourth-order valence-corrected chi connectivity index (χ4v) is 7.23. The lowest BCUT2D eigenvalue weighted by Crippen LogP contribution is -2.27. The predicted octanol–water partition coefficient (Wildman–Crippen LogP) is 5.31. The van der Waals surface area contributed by atoms with Crippen molar-refractivity contribution in [3.8, 4) is 17.0 Å². The Morgan fingerprint density at radius 1 is 1.15 bits per heavy atom. The van der Waals surface area contributed by atoms with E-state index >= 15 is 4.39 Å². The summed E-state index contributed by atoms with van der Waals surface area (Å²) < 4.78 is 66.9. The number of hydrogen-bond acceptors (Lipinski definition) is 10. The third kappa shape index (κ3) is 7.47. The highest BCUT2D eigenvalue weighted by Gasteiger charge is 2.30. The zero-order valence-electron chi connectivity index (χ0n) is 29.0. The monoisotopic (exact) mass is 736 g/mol. The second-order valence-electron chi connectivity index (χ2n) is 13.3. The molecule has 0 fully saturated rings. The van der Waals surface area contributed by atoms with E-state index in [0.29, 0.717) is 71.0 Å². The highest BCUT2D eigenvalue weighted by Crippen LogP contribution is 2.45. The predicted molar refractivity (Wildman–Crippen MR) is 189 cm³/mol. The first-order valence-corrected chi connectivity index (χ1v) is 18.8. The summed E-state index contributed by atoms with van der Waals surface area (Å²) in [6.07, 6.45) is 7.90. The van der Waals surface area contributed by atoms with Crippen LogP contribution in [0.25, 0.3) is 22.0 Å². The molecular formula is C36H38F2N6O7S. The average Bonchev–Trinajstić information content (AvgIpc) is 3.69. The number of carbonyl (C=O) groups excluding carboxylic acids is 2. The van der Waals surface area contributed by atoms with Gasteiger partial charge in [0.1, 0.15) is 17.6 Å². The molecule has 1 amide bonds. The average molecular weight is 737 g/mol. The molecule has 1 aliphatic rings. The number of benzene rings is 1. The van der Waals surface area contributed by atoms with Crippen molar-refractivity contribution >= 4 is 44.4 Å². The van der Waals surface area contributed by atoms with Crippen LogP contribution < -0.4 is 20.5 Å². The molecule has 0 bridgehead atoms. The van der Waals surface area contributed by atoms with Crippen LogP contribution in [0, 0.1) is 17.6 Å². The summed E-state index contributed by atoms with van der Waals surface area (Å²) in [6, 6.07) is 5.38. The number of aryl methyl sites for hydroxylation is 1. The number of amides is 1. The lowest BCUT2D eigenvalue weighted by atomic mass is 9.95.